The summed E-state index contributed by atoms with van der Waals surface area (Å²) in [4.78, 5) is 12.7. The predicted molar refractivity (Wildman–Crippen MR) is 110 cm³/mol. The number of thioether (sulfide) groups is 1. The first kappa shape index (κ1) is 18.7. The minimum Gasteiger partial charge on any atom is -0.411 e. The number of rotatable bonds is 5. The van der Waals surface area contributed by atoms with Crippen molar-refractivity contribution in [3.8, 4) is 11.5 Å². The van der Waals surface area contributed by atoms with Crippen LogP contribution in [0.1, 0.15) is 42.5 Å². The second-order valence-corrected chi connectivity index (χ2v) is 8.44. The lowest BCUT2D eigenvalue weighted by molar-refractivity contribution is -0.121. The molecule has 6 heteroatoms. The summed E-state index contributed by atoms with van der Waals surface area (Å²) < 4.78 is 5.74. The molecule has 0 fully saturated rings. The maximum atomic E-state index is 12.7. The fraction of sp³-hybridized carbons (Fsp3) is 0.318. The topological polar surface area (TPSA) is 68.0 Å². The molecule has 2 aromatic carbocycles. The maximum absolute atomic E-state index is 12.7. The quantitative estimate of drug-likeness (QED) is 0.635. The van der Waals surface area contributed by atoms with Gasteiger partial charge in [0.05, 0.1) is 11.3 Å². The Morgan fingerprint density at radius 3 is 2.79 bits per heavy atom. The Kier molecular flexibility index (Phi) is 5.48. The van der Waals surface area contributed by atoms with Gasteiger partial charge in [0.15, 0.2) is 0 Å². The summed E-state index contributed by atoms with van der Waals surface area (Å²) in [6.07, 6.45) is 3.14. The Morgan fingerprint density at radius 2 is 1.96 bits per heavy atom. The van der Waals surface area contributed by atoms with E-state index >= 15 is 0 Å². The molecule has 0 aliphatic heterocycles. The van der Waals surface area contributed by atoms with Gasteiger partial charge in [-0.3, -0.25) is 4.79 Å². The molecular formula is C22H23N3O2S. The first-order valence-corrected chi connectivity index (χ1v) is 10.4. The number of nitrogens with one attached hydrogen (secondary N) is 1. The highest BCUT2D eigenvalue weighted by Gasteiger charge is 2.25. The van der Waals surface area contributed by atoms with Crippen molar-refractivity contribution >= 4 is 17.7 Å². The fourth-order valence-corrected chi connectivity index (χ4v) is 4.16. The van der Waals surface area contributed by atoms with E-state index in [1.54, 1.807) is 0 Å². The van der Waals surface area contributed by atoms with Crippen LogP contribution in [0.3, 0.4) is 0 Å². The van der Waals surface area contributed by atoms with Gasteiger partial charge in [0.1, 0.15) is 0 Å². The molecule has 0 saturated carbocycles. The van der Waals surface area contributed by atoms with Crippen LogP contribution >= 0.6 is 11.8 Å². The molecule has 0 unspecified atom stereocenters. The van der Waals surface area contributed by atoms with E-state index in [-0.39, 0.29) is 17.2 Å². The summed E-state index contributed by atoms with van der Waals surface area (Å²) in [5.74, 6) is 0.457. The molecule has 1 N–H and O–H groups in total. The molecule has 28 heavy (non-hydrogen) atoms. The Bertz CT molecular complexity index is 968. The molecule has 2 atom stereocenters. The van der Waals surface area contributed by atoms with E-state index in [0.29, 0.717) is 11.1 Å². The highest BCUT2D eigenvalue weighted by Crippen LogP contribution is 2.31. The molecule has 1 aliphatic carbocycles. The third-order valence-corrected chi connectivity index (χ3v) is 5.97. The summed E-state index contributed by atoms with van der Waals surface area (Å²) >= 11 is 1.29. The summed E-state index contributed by atoms with van der Waals surface area (Å²) in [6, 6.07) is 16.3. The summed E-state index contributed by atoms with van der Waals surface area (Å²) in [6.45, 7) is 3.90. The molecule has 1 aliphatic rings. The largest absolute Gasteiger partial charge is 0.411 e. The number of aromatic nitrogens is 2. The van der Waals surface area contributed by atoms with E-state index in [1.165, 1.54) is 28.5 Å². The molecule has 1 aromatic heterocycles. The van der Waals surface area contributed by atoms with E-state index < -0.39 is 0 Å². The number of aryl methyl sites for hydroxylation is 2. The molecule has 4 rings (SSSR count). The van der Waals surface area contributed by atoms with Crippen molar-refractivity contribution in [2.45, 2.75) is 49.6 Å². The molecule has 0 bridgehead atoms. The Labute approximate surface area is 168 Å². The maximum Gasteiger partial charge on any atom is 0.277 e. The van der Waals surface area contributed by atoms with Gasteiger partial charge in [-0.15, -0.1) is 10.2 Å². The zero-order valence-electron chi connectivity index (χ0n) is 16.0. The first-order valence-electron chi connectivity index (χ1n) is 9.55. The van der Waals surface area contributed by atoms with E-state index in [4.69, 9.17) is 4.42 Å². The van der Waals surface area contributed by atoms with Gasteiger partial charge in [-0.2, -0.15) is 0 Å². The van der Waals surface area contributed by atoms with Crippen LogP contribution in [-0.4, -0.2) is 21.4 Å². The number of amides is 1. The monoisotopic (exact) mass is 393 g/mol. The van der Waals surface area contributed by atoms with Crippen molar-refractivity contribution in [3.63, 3.8) is 0 Å². The number of nitrogens with zero attached hydrogens (tertiary/aromatic N) is 2. The molecule has 5 nitrogen and oxygen atoms in total. The van der Waals surface area contributed by atoms with Gasteiger partial charge in [0.25, 0.3) is 5.22 Å². The van der Waals surface area contributed by atoms with Crippen molar-refractivity contribution in [3.05, 3.63) is 65.2 Å². The van der Waals surface area contributed by atoms with Crippen molar-refractivity contribution in [1.82, 2.24) is 15.5 Å². The second-order valence-electron chi connectivity index (χ2n) is 7.15. The molecule has 1 amide bonds. The molecule has 0 radical (unpaired) electrons. The van der Waals surface area contributed by atoms with Crippen LogP contribution in [0.2, 0.25) is 0 Å². The highest BCUT2D eigenvalue weighted by molar-refractivity contribution is 8.00. The normalized spacial score (nSPS) is 17.0. The van der Waals surface area contributed by atoms with Gasteiger partial charge >= 0.3 is 0 Å². The van der Waals surface area contributed by atoms with Crippen molar-refractivity contribution in [2.24, 2.45) is 0 Å². The average Bonchev–Trinajstić information content (AvgIpc) is 3.17. The van der Waals surface area contributed by atoms with E-state index in [9.17, 15) is 4.79 Å². The van der Waals surface area contributed by atoms with E-state index in [2.05, 4.69) is 33.7 Å². The molecule has 1 heterocycles. The molecule has 144 valence electrons. The number of benzene rings is 2. The molecular weight excluding hydrogens is 370 g/mol. The van der Waals surface area contributed by atoms with Crippen molar-refractivity contribution < 1.29 is 9.21 Å². The van der Waals surface area contributed by atoms with Crippen molar-refractivity contribution in [1.29, 1.82) is 0 Å². The third-order valence-electron chi connectivity index (χ3n) is 5.04. The highest BCUT2D eigenvalue weighted by atomic mass is 32.2. The Morgan fingerprint density at radius 1 is 1.18 bits per heavy atom. The van der Waals surface area contributed by atoms with Crippen LogP contribution in [-0.2, 0) is 11.2 Å². The minimum atomic E-state index is -0.319. The lowest BCUT2D eigenvalue weighted by Crippen LogP contribution is -2.35. The zero-order chi connectivity index (χ0) is 19.5. The van der Waals surface area contributed by atoms with Gasteiger partial charge in [0, 0.05) is 5.56 Å². The zero-order valence-corrected chi connectivity index (χ0v) is 16.8. The van der Waals surface area contributed by atoms with E-state index in [1.807, 2.05) is 44.2 Å². The summed E-state index contributed by atoms with van der Waals surface area (Å²) in [7, 11) is 0. The standard InChI is InChI=1S/C22H23N3O2S/c1-14-10-12-17(13-11-14)21-24-25-22(27-21)28-15(2)20(26)23-19-9-5-7-16-6-3-4-8-18(16)19/h3-4,6,8,10-13,15,19H,5,7,9H2,1-2H3,(H,23,26)/t15-,19+/m1/s1. The molecule has 0 spiro atoms. The van der Waals surface area contributed by atoms with E-state index in [0.717, 1.165) is 24.8 Å². The lowest BCUT2D eigenvalue weighted by atomic mass is 9.88. The predicted octanol–water partition coefficient (Wildman–Crippen LogP) is 4.72. The number of hydrogen-bond donors (Lipinski definition) is 1. The molecule has 3 aromatic rings. The first-order chi connectivity index (χ1) is 13.6. The summed E-state index contributed by atoms with van der Waals surface area (Å²) in [5.41, 5.74) is 4.62. The average molecular weight is 394 g/mol. The molecule has 0 saturated heterocycles. The van der Waals surface area contributed by atoms with Crippen LogP contribution < -0.4 is 5.32 Å². The Balaban J connectivity index is 1.40. The number of fused-ring (bicyclic) bond motifs is 1. The van der Waals surface area contributed by atoms with Crippen LogP contribution in [0.5, 0.6) is 0 Å². The van der Waals surface area contributed by atoms with Crippen molar-refractivity contribution in [2.75, 3.05) is 0 Å². The van der Waals surface area contributed by atoms with Gasteiger partial charge in [0.2, 0.25) is 11.8 Å². The smallest absolute Gasteiger partial charge is 0.277 e. The minimum absolute atomic E-state index is 0.0122. The lowest BCUT2D eigenvalue weighted by Gasteiger charge is -2.27. The van der Waals surface area contributed by atoms with Gasteiger partial charge in [-0.1, -0.05) is 53.7 Å². The van der Waals surface area contributed by atoms with Gasteiger partial charge in [-0.25, -0.2) is 0 Å². The van der Waals surface area contributed by atoms with Crippen LogP contribution in [0.25, 0.3) is 11.5 Å². The van der Waals surface area contributed by atoms with Crippen LogP contribution in [0.4, 0.5) is 0 Å². The van der Waals surface area contributed by atoms with Crippen LogP contribution in [0.15, 0.2) is 58.2 Å². The number of carbonyl (C=O) groups is 1. The third kappa shape index (κ3) is 4.12. The number of hydrogen-bond acceptors (Lipinski definition) is 5. The SMILES string of the molecule is Cc1ccc(-c2nnc(S[C@H](C)C(=O)N[C@H]3CCCc4ccccc43)o2)cc1. The van der Waals surface area contributed by atoms with Gasteiger partial charge < -0.3 is 9.73 Å². The van der Waals surface area contributed by atoms with Crippen LogP contribution in [0, 0.1) is 6.92 Å². The van der Waals surface area contributed by atoms with Gasteiger partial charge in [-0.05, 0) is 56.4 Å². The Hall–Kier alpha value is -2.60. The second kappa shape index (κ2) is 8.19. The fourth-order valence-electron chi connectivity index (χ4n) is 3.47. The number of carbonyl (C=O) groups excluding carboxylic acids is 1. The summed E-state index contributed by atoms with van der Waals surface area (Å²) in [5, 5.41) is 11.5.